The SMILES string of the molecule is CCCc1cc(CC)cc(C(Nc2ccc(C#N)cc2)C(=O)O)c1OCc1ccccn1. The van der Waals surface area contributed by atoms with Gasteiger partial charge < -0.3 is 15.2 Å². The number of nitriles is 1. The molecule has 1 unspecified atom stereocenters. The molecule has 32 heavy (non-hydrogen) atoms. The van der Waals surface area contributed by atoms with Crippen molar-refractivity contribution >= 4 is 11.7 Å². The summed E-state index contributed by atoms with van der Waals surface area (Å²) >= 11 is 0. The molecular weight excluding hydrogens is 402 g/mol. The van der Waals surface area contributed by atoms with Crippen LogP contribution in [-0.4, -0.2) is 16.1 Å². The van der Waals surface area contributed by atoms with Crippen molar-refractivity contribution in [2.24, 2.45) is 0 Å². The second-order valence-electron chi connectivity index (χ2n) is 7.49. The summed E-state index contributed by atoms with van der Waals surface area (Å²) in [6, 6.07) is 17.4. The Balaban J connectivity index is 2.03. The number of anilines is 1. The largest absolute Gasteiger partial charge is 0.487 e. The Labute approximate surface area is 188 Å². The number of aliphatic carboxylic acids is 1. The number of benzene rings is 2. The van der Waals surface area contributed by atoms with E-state index in [9.17, 15) is 9.90 Å². The van der Waals surface area contributed by atoms with E-state index < -0.39 is 12.0 Å². The van der Waals surface area contributed by atoms with E-state index in [1.54, 1.807) is 30.5 Å². The minimum Gasteiger partial charge on any atom is -0.487 e. The monoisotopic (exact) mass is 429 g/mol. The smallest absolute Gasteiger partial charge is 0.330 e. The molecule has 0 fully saturated rings. The molecule has 0 aliphatic carbocycles. The van der Waals surface area contributed by atoms with Crippen molar-refractivity contribution in [3.8, 4) is 11.8 Å². The number of hydrogen-bond acceptors (Lipinski definition) is 5. The summed E-state index contributed by atoms with van der Waals surface area (Å²) in [7, 11) is 0. The van der Waals surface area contributed by atoms with Crippen LogP contribution in [0.15, 0.2) is 60.8 Å². The number of carboxylic acids is 1. The number of carboxylic acid groups (broad SMARTS) is 1. The zero-order valence-electron chi connectivity index (χ0n) is 18.3. The van der Waals surface area contributed by atoms with Gasteiger partial charge in [-0.3, -0.25) is 4.98 Å². The lowest BCUT2D eigenvalue weighted by atomic mass is 9.95. The molecule has 0 amide bonds. The van der Waals surface area contributed by atoms with Crippen LogP contribution in [0.25, 0.3) is 0 Å². The van der Waals surface area contributed by atoms with Crippen LogP contribution in [0.2, 0.25) is 0 Å². The molecule has 0 aliphatic heterocycles. The normalized spacial score (nSPS) is 11.4. The van der Waals surface area contributed by atoms with Crippen molar-refractivity contribution in [3.05, 3.63) is 88.7 Å². The first-order valence-electron chi connectivity index (χ1n) is 10.7. The Kier molecular flexibility index (Phi) is 7.82. The number of nitrogens with zero attached hydrogens (tertiary/aromatic N) is 2. The summed E-state index contributed by atoms with van der Waals surface area (Å²) in [5.74, 6) is -0.420. The number of nitrogens with one attached hydrogen (secondary N) is 1. The van der Waals surface area contributed by atoms with E-state index in [0.717, 1.165) is 36.1 Å². The number of carbonyl (C=O) groups is 1. The molecule has 2 aromatic carbocycles. The van der Waals surface area contributed by atoms with Gasteiger partial charge in [0, 0.05) is 17.4 Å². The van der Waals surface area contributed by atoms with E-state index in [4.69, 9.17) is 10.00 Å². The van der Waals surface area contributed by atoms with Gasteiger partial charge >= 0.3 is 5.97 Å². The van der Waals surface area contributed by atoms with E-state index in [1.807, 2.05) is 31.2 Å². The zero-order valence-corrected chi connectivity index (χ0v) is 18.3. The van der Waals surface area contributed by atoms with Gasteiger partial charge in [0.2, 0.25) is 0 Å². The lowest BCUT2D eigenvalue weighted by Crippen LogP contribution is -2.22. The minimum atomic E-state index is -1.01. The van der Waals surface area contributed by atoms with Gasteiger partial charge in [-0.05, 0) is 66.4 Å². The average Bonchev–Trinajstić information content (AvgIpc) is 2.82. The third kappa shape index (κ3) is 5.64. The van der Waals surface area contributed by atoms with E-state index in [2.05, 4.69) is 29.4 Å². The standard InChI is InChI=1S/C26H27N3O3/c1-3-7-20-14-18(4-2)15-23(25(20)32-17-22-8-5-6-13-28-22)24(26(30)31)29-21-11-9-19(16-27)10-12-21/h5-6,8-15,24,29H,3-4,7,17H2,1-2H3,(H,30,31). The number of rotatable bonds is 10. The van der Waals surface area contributed by atoms with Gasteiger partial charge in [-0.25, -0.2) is 4.79 Å². The van der Waals surface area contributed by atoms with Crippen LogP contribution >= 0.6 is 0 Å². The van der Waals surface area contributed by atoms with Crippen LogP contribution < -0.4 is 10.1 Å². The summed E-state index contributed by atoms with van der Waals surface area (Å²) < 4.78 is 6.20. The number of aromatic nitrogens is 1. The first-order valence-corrected chi connectivity index (χ1v) is 10.7. The molecule has 0 bridgehead atoms. The Morgan fingerprint density at radius 2 is 1.97 bits per heavy atom. The Hall–Kier alpha value is -3.85. The fraction of sp³-hybridized carbons (Fsp3) is 0.269. The number of pyridine rings is 1. The third-order valence-corrected chi connectivity index (χ3v) is 5.16. The second kappa shape index (κ2) is 11.0. The maximum absolute atomic E-state index is 12.3. The van der Waals surface area contributed by atoms with Crippen molar-refractivity contribution in [1.82, 2.24) is 4.98 Å². The third-order valence-electron chi connectivity index (χ3n) is 5.16. The van der Waals surface area contributed by atoms with Crippen LogP contribution in [0.5, 0.6) is 5.75 Å². The maximum Gasteiger partial charge on any atom is 0.330 e. The first kappa shape index (κ1) is 22.8. The fourth-order valence-corrected chi connectivity index (χ4v) is 3.54. The molecule has 3 rings (SSSR count). The molecular formula is C26H27N3O3. The van der Waals surface area contributed by atoms with Gasteiger partial charge in [0.05, 0.1) is 17.3 Å². The number of aryl methyl sites for hydroxylation is 2. The topological polar surface area (TPSA) is 95.2 Å². The molecule has 1 atom stereocenters. The average molecular weight is 430 g/mol. The minimum absolute atomic E-state index is 0.249. The van der Waals surface area contributed by atoms with Crippen LogP contribution in [0.3, 0.4) is 0 Å². The first-order chi connectivity index (χ1) is 15.5. The highest BCUT2D eigenvalue weighted by Crippen LogP contribution is 2.35. The molecule has 1 heterocycles. The van der Waals surface area contributed by atoms with E-state index >= 15 is 0 Å². The van der Waals surface area contributed by atoms with Crippen LogP contribution in [0.4, 0.5) is 5.69 Å². The molecule has 0 saturated carbocycles. The number of hydrogen-bond donors (Lipinski definition) is 2. The second-order valence-corrected chi connectivity index (χ2v) is 7.49. The van der Waals surface area contributed by atoms with Crippen LogP contribution in [0.1, 0.15) is 54.3 Å². The molecule has 0 saturated heterocycles. The summed E-state index contributed by atoms with van der Waals surface area (Å²) in [5.41, 5.74) is 4.53. The lowest BCUT2D eigenvalue weighted by Gasteiger charge is -2.23. The predicted molar refractivity (Wildman–Crippen MR) is 124 cm³/mol. The van der Waals surface area contributed by atoms with Gasteiger partial charge in [-0.15, -0.1) is 0 Å². The summed E-state index contributed by atoms with van der Waals surface area (Å²) in [4.78, 5) is 16.7. The van der Waals surface area contributed by atoms with Gasteiger partial charge in [-0.2, -0.15) is 5.26 Å². The van der Waals surface area contributed by atoms with Crippen molar-refractivity contribution < 1.29 is 14.6 Å². The predicted octanol–water partition coefficient (Wildman–Crippen LogP) is 5.28. The Bertz CT molecular complexity index is 1090. The molecule has 164 valence electrons. The highest BCUT2D eigenvalue weighted by molar-refractivity contribution is 5.81. The van der Waals surface area contributed by atoms with E-state index in [-0.39, 0.29) is 6.61 Å². The van der Waals surface area contributed by atoms with Crippen LogP contribution in [-0.2, 0) is 24.2 Å². The summed E-state index contributed by atoms with van der Waals surface area (Å²) in [6.07, 6.45) is 4.18. The lowest BCUT2D eigenvalue weighted by molar-refractivity contribution is -0.138. The van der Waals surface area contributed by atoms with Gasteiger partial charge in [0.25, 0.3) is 0 Å². The molecule has 3 aromatic rings. The fourth-order valence-electron chi connectivity index (χ4n) is 3.54. The highest BCUT2D eigenvalue weighted by Gasteiger charge is 2.26. The van der Waals surface area contributed by atoms with Gasteiger partial charge in [-0.1, -0.05) is 32.4 Å². The molecule has 2 N–H and O–H groups in total. The van der Waals surface area contributed by atoms with Crippen molar-refractivity contribution in [3.63, 3.8) is 0 Å². The van der Waals surface area contributed by atoms with E-state index in [1.165, 1.54) is 0 Å². The van der Waals surface area contributed by atoms with Gasteiger partial charge in [0.1, 0.15) is 12.4 Å². The zero-order chi connectivity index (χ0) is 22.9. The van der Waals surface area contributed by atoms with Crippen molar-refractivity contribution in [1.29, 1.82) is 5.26 Å². The number of ether oxygens (including phenoxy) is 1. The van der Waals surface area contributed by atoms with Crippen molar-refractivity contribution in [2.45, 2.75) is 45.8 Å². The molecule has 0 radical (unpaired) electrons. The highest BCUT2D eigenvalue weighted by atomic mass is 16.5. The summed E-state index contributed by atoms with van der Waals surface area (Å²) in [5, 5.41) is 22.2. The molecule has 1 aromatic heterocycles. The quantitative estimate of drug-likeness (QED) is 0.455. The Morgan fingerprint density at radius 1 is 1.19 bits per heavy atom. The van der Waals surface area contributed by atoms with E-state index in [0.29, 0.717) is 22.6 Å². The molecule has 0 aliphatic rings. The molecule has 6 heteroatoms. The van der Waals surface area contributed by atoms with Gasteiger partial charge in [0.15, 0.2) is 6.04 Å². The molecule has 6 nitrogen and oxygen atoms in total. The summed E-state index contributed by atoms with van der Waals surface area (Å²) in [6.45, 7) is 4.39. The Morgan fingerprint density at radius 3 is 2.56 bits per heavy atom. The maximum atomic E-state index is 12.3. The van der Waals surface area contributed by atoms with Crippen molar-refractivity contribution in [2.75, 3.05) is 5.32 Å². The molecule has 0 spiro atoms. The van der Waals surface area contributed by atoms with Crippen LogP contribution in [0, 0.1) is 11.3 Å².